The molecule has 8 nitrogen and oxygen atoms in total. The lowest BCUT2D eigenvalue weighted by atomic mass is 9.99. The van der Waals surface area contributed by atoms with Crippen LogP contribution in [0.4, 0.5) is 11.4 Å². The van der Waals surface area contributed by atoms with Gasteiger partial charge in [0, 0.05) is 37.4 Å². The van der Waals surface area contributed by atoms with Crippen LogP contribution in [0.15, 0.2) is 66.9 Å². The maximum Gasteiger partial charge on any atom is 0.179 e. The van der Waals surface area contributed by atoms with Crippen LogP contribution in [0, 0.1) is 0 Å². The molecule has 0 spiro atoms. The van der Waals surface area contributed by atoms with E-state index in [0.717, 1.165) is 66.6 Å². The third-order valence-electron chi connectivity index (χ3n) is 6.22. The number of rotatable bonds is 4. The van der Waals surface area contributed by atoms with Crippen LogP contribution in [-0.2, 0) is 6.54 Å². The average molecular weight is 425 g/mol. The van der Waals surface area contributed by atoms with Crippen molar-refractivity contribution in [3.05, 3.63) is 72.6 Å². The maximum atomic E-state index is 6.29. The molecule has 2 aromatic heterocycles. The predicted molar refractivity (Wildman–Crippen MR) is 121 cm³/mol. The van der Waals surface area contributed by atoms with Crippen molar-refractivity contribution >= 4 is 11.4 Å². The molecule has 0 atom stereocenters. The third-order valence-corrected chi connectivity index (χ3v) is 6.22. The van der Waals surface area contributed by atoms with Crippen molar-refractivity contribution in [2.24, 2.45) is 0 Å². The zero-order valence-electron chi connectivity index (χ0n) is 17.6. The number of aromatic amines is 1. The van der Waals surface area contributed by atoms with Gasteiger partial charge in [-0.1, -0.05) is 18.2 Å². The SMILES string of the molecule is c1ccc(CN2CCC(N3c4ccccc4Oc4cc(-c5nnn[nH]5)ccc43)CC2)nc1. The molecule has 0 unspecified atom stereocenters. The van der Waals surface area contributed by atoms with E-state index in [2.05, 4.69) is 65.7 Å². The van der Waals surface area contributed by atoms with Crippen molar-refractivity contribution in [1.29, 1.82) is 0 Å². The Hall–Kier alpha value is -3.78. The van der Waals surface area contributed by atoms with Crippen molar-refractivity contribution in [2.45, 2.75) is 25.4 Å². The number of nitrogens with zero attached hydrogens (tertiary/aromatic N) is 6. The summed E-state index contributed by atoms with van der Waals surface area (Å²) in [6, 6.07) is 21.0. The number of fused-ring (bicyclic) bond motifs is 2. The van der Waals surface area contributed by atoms with E-state index in [1.54, 1.807) is 0 Å². The van der Waals surface area contributed by atoms with Crippen molar-refractivity contribution < 1.29 is 4.74 Å². The highest BCUT2D eigenvalue weighted by Gasteiger charge is 2.32. The molecule has 2 aliphatic rings. The predicted octanol–water partition coefficient (Wildman–Crippen LogP) is 4.17. The number of tetrazole rings is 1. The molecule has 0 aliphatic carbocycles. The van der Waals surface area contributed by atoms with E-state index >= 15 is 0 Å². The van der Waals surface area contributed by atoms with Gasteiger partial charge in [-0.15, -0.1) is 5.10 Å². The zero-order valence-corrected chi connectivity index (χ0v) is 17.6. The quantitative estimate of drug-likeness (QED) is 0.525. The fourth-order valence-corrected chi connectivity index (χ4v) is 4.66. The molecule has 0 radical (unpaired) electrons. The minimum absolute atomic E-state index is 0.400. The number of likely N-dealkylation sites (tertiary alicyclic amines) is 1. The first kappa shape index (κ1) is 18.9. The molecule has 4 heterocycles. The number of H-pyrrole nitrogens is 1. The Kier molecular flexibility index (Phi) is 4.77. The number of pyridine rings is 1. The molecule has 32 heavy (non-hydrogen) atoms. The molecule has 2 aliphatic heterocycles. The van der Waals surface area contributed by atoms with Crippen LogP contribution in [0.25, 0.3) is 11.4 Å². The van der Waals surface area contributed by atoms with Crippen LogP contribution >= 0.6 is 0 Å². The molecule has 1 fully saturated rings. The highest BCUT2D eigenvalue weighted by atomic mass is 16.5. The summed E-state index contributed by atoms with van der Waals surface area (Å²) in [6.07, 6.45) is 4.02. The fourth-order valence-electron chi connectivity index (χ4n) is 4.66. The van der Waals surface area contributed by atoms with E-state index in [9.17, 15) is 0 Å². The molecule has 160 valence electrons. The molecule has 1 N–H and O–H groups in total. The van der Waals surface area contributed by atoms with Crippen LogP contribution < -0.4 is 9.64 Å². The fraction of sp³-hybridized carbons (Fsp3) is 0.250. The van der Waals surface area contributed by atoms with Gasteiger partial charge in [0.25, 0.3) is 0 Å². The molecular formula is C24H23N7O. The number of piperidine rings is 1. The summed E-state index contributed by atoms with van der Waals surface area (Å²) >= 11 is 0. The van der Waals surface area contributed by atoms with Crippen LogP contribution in [0.3, 0.4) is 0 Å². The van der Waals surface area contributed by atoms with E-state index in [4.69, 9.17) is 4.74 Å². The molecule has 2 aromatic carbocycles. The second kappa shape index (κ2) is 8.05. The molecule has 6 rings (SSSR count). The number of anilines is 2. The number of para-hydroxylation sites is 2. The van der Waals surface area contributed by atoms with Gasteiger partial charge in [0.2, 0.25) is 0 Å². The highest BCUT2D eigenvalue weighted by molar-refractivity contribution is 5.80. The second-order valence-electron chi connectivity index (χ2n) is 8.20. The molecular weight excluding hydrogens is 402 g/mol. The molecule has 0 amide bonds. The largest absolute Gasteiger partial charge is 0.453 e. The van der Waals surface area contributed by atoms with Gasteiger partial charge >= 0.3 is 0 Å². The highest BCUT2D eigenvalue weighted by Crippen LogP contribution is 2.49. The Morgan fingerprint density at radius 2 is 1.78 bits per heavy atom. The minimum atomic E-state index is 0.400. The van der Waals surface area contributed by atoms with Crippen LogP contribution in [0.5, 0.6) is 11.5 Å². The smallest absolute Gasteiger partial charge is 0.179 e. The Labute approximate surface area is 185 Å². The summed E-state index contributed by atoms with van der Waals surface area (Å²) in [5, 5.41) is 14.2. The summed E-state index contributed by atoms with van der Waals surface area (Å²) in [6.45, 7) is 2.98. The first-order chi connectivity index (χ1) is 15.8. The number of hydrogen-bond acceptors (Lipinski definition) is 7. The second-order valence-corrected chi connectivity index (χ2v) is 8.20. The minimum Gasteiger partial charge on any atom is -0.453 e. The van der Waals surface area contributed by atoms with Gasteiger partial charge in [0.1, 0.15) is 0 Å². The Morgan fingerprint density at radius 1 is 0.938 bits per heavy atom. The summed E-state index contributed by atoms with van der Waals surface area (Å²) < 4.78 is 6.29. The molecule has 8 heteroatoms. The Balaban J connectivity index is 1.27. The van der Waals surface area contributed by atoms with Gasteiger partial charge in [0.05, 0.1) is 17.1 Å². The van der Waals surface area contributed by atoms with Crippen LogP contribution in [0.1, 0.15) is 18.5 Å². The molecule has 0 bridgehead atoms. The lowest BCUT2D eigenvalue weighted by molar-refractivity contribution is 0.202. The summed E-state index contributed by atoms with van der Waals surface area (Å²) in [5.41, 5.74) is 4.24. The van der Waals surface area contributed by atoms with E-state index in [1.807, 2.05) is 36.5 Å². The number of benzene rings is 2. The van der Waals surface area contributed by atoms with Crippen molar-refractivity contribution in [2.75, 3.05) is 18.0 Å². The van der Waals surface area contributed by atoms with Gasteiger partial charge in [-0.2, -0.15) is 0 Å². The standard InChI is InChI=1S/C24H23N7O/c1-2-7-22-20(6-1)31(19-10-13-30(14-11-19)16-18-5-3-4-12-25-18)21-9-8-17(15-23(21)32-22)24-26-28-29-27-24/h1-9,12,15,19H,10-11,13-14,16H2,(H,26,27,28,29). The first-order valence-corrected chi connectivity index (χ1v) is 10.9. The van der Waals surface area contributed by atoms with Crippen LogP contribution in [-0.4, -0.2) is 49.6 Å². The van der Waals surface area contributed by atoms with E-state index < -0.39 is 0 Å². The van der Waals surface area contributed by atoms with Crippen LogP contribution in [0.2, 0.25) is 0 Å². The zero-order chi connectivity index (χ0) is 21.3. The van der Waals surface area contributed by atoms with Gasteiger partial charge in [-0.05, 0) is 65.7 Å². The van der Waals surface area contributed by atoms with Gasteiger partial charge in [-0.3, -0.25) is 9.88 Å². The summed E-state index contributed by atoms with van der Waals surface area (Å²) in [7, 11) is 0. The Bertz CT molecular complexity index is 1200. The number of aromatic nitrogens is 5. The number of hydrogen-bond donors (Lipinski definition) is 1. The lowest BCUT2D eigenvalue weighted by Gasteiger charge is -2.42. The van der Waals surface area contributed by atoms with E-state index in [-0.39, 0.29) is 0 Å². The molecule has 1 saturated heterocycles. The van der Waals surface area contributed by atoms with Gasteiger partial charge in [0.15, 0.2) is 17.3 Å². The van der Waals surface area contributed by atoms with E-state index in [1.165, 1.54) is 0 Å². The first-order valence-electron chi connectivity index (χ1n) is 10.9. The number of ether oxygens (including phenoxy) is 1. The van der Waals surface area contributed by atoms with Gasteiger partial charge < -0.3 is 9.64 Å². The summed E-state index contributed by atoms with van der Waals surface area (Å²) in [4.78, 5) is 9.43. The normalized spacial score (nSPS) is 16.3. The molecule has 4 aromatic rings. The lowest BCUT2D eigenvalue weighted by Crippen LogP contribution is -2.43. The van der Waals surface area contributed by atoms with Crippen molar-refractivity contribution in [3.8, 4) is 22.9 Å². The topological polar surface area (TPSA) is 83.1 Å². The summed E-state index contributed by atoms with van der Waals surface area (Å²) in [5.74, 6) is 2.34. The van der Waals surface area contributed by atoms with E-state index in [0.29, 0.717) is 11.9 Å². The molecule has 0 saturated carbocycles. The average Bonchev–Trinajstić information content (AvgIpc) is 3.39. The van der Waals surface area contributed by atoms with Crippen molar-refractivity contribution in [1.82, 2.24) is 30.5 Å². The third kappa shape index (κ3) is 3.48. The number of nitrogens with one attached hydrogen (secondary N) is 1. The monoisotopic (exact) mass is 425 g/mol. The Morgan fingerprint density at radius 3 is 2.59 bits per heavy atom. The van der Waals surface area contributed by atoms with Gasteiger partial charge in [-0.25, -0.2) is 5.10 Å². The maximum absolute atomic E-state index is 6.29. The van der Waals surface area contributed by atoms with Crippen molar-refractivity contribution in [3.63, 3.8) is 0 Å².